The number of carbonyl (C=O) groups excluding carboxylic acids is 1. The molecule has 0 aliphatic carbocycles. The molecule has 0 saturated carbocycles. The van der Waals surface area contributed by atoms with Crippen LogP contribution in [0, 0.1) is 0 Å². The van der Waals surface area contributed by atoms with Crippen molar-refractivity contribution >= 4 is 17.5 Å². The summed E-state index contributed by atoms with van der Waals surface area (Å²) in [7, 11) is 0. The van der Waals surface area contributed by atoms with Gasteiger partial charge in [0.05, 0.1) is 0 Å². The van der Waals surface area contributed by atoms with Crippen molar-refractivity contribution in [1.29, 1.82) is 0 Å². The predicted octanol–water partition coefficient (Wildman–Crippen LogP) is 2.54. The molecule has 1 rings (SSSR count). The quantitative estimate of drug-likeness (QED) is 0.793. The lowest BCUT2D eigenvalue weighted by atomic mass is 10.2. The molecule has 1 aromatic rings. The normalized spacial score (nSPS) is 10.3. The van der Waals surface area contributed by atoms with E-state index in [1.807, 2.05) is 11.8 Å². The molecule has 4 heteroatoms. The summed E-state index contributed by atoms with van der Waals surface area (Å²) in [6.45, 7) is 4.10. The highest BCUT2D eigenvalue weighted by Crippen LogP contribution is 2.13. The van der Waals surface area contributed by atoms with Crippen LogP contribution in [0.2, 0.25) is 5.02 Å². The number of nitrogens with two attached hydrogens (primary N) is 1. The van der Waals surface area contributed by atoms with Crippen LogP contribution in [-0.4, -0.2) is 30.4 Å². The zero-order valence-corrected chi connectivity index (χ0v) is 10.9. The lowest BCUT2D eigenvalue weighted by molar-refractivity contribution is 0.0762. The van der Waals surface area contributed by atoms with Crippen LogP contribution in [0.15, 0.2) is 24.3 Å². The zero-order valence-electron chi connectivity index (χ0n) is 10.2. The molecule has 0 aliphatic heterocycles. The number of carbonyl (C=O) groups is 1. The Morgan fingerprint density at radius 1 is 1.41 bits per heavy atom. The summed E-state index contributed by atoms with van der Waals surface area (Å²) in [6, 6.07) is 7.06. The Bertz CT molecular complexity index is 368. The second-order valence-electron chi connectivity index (χ2n) is 3.89. The maximum atomic E-state index is 12.2. The number of hydrogen-bond donors (Lipinski definition) is 1. The Labute approximate surface area is 108 Å². The highest BCUT2D eigenvalue weighted by Gasteiger charge is 2.13. The first-order valence-electron chi connectivity index (χ1n) is 5.94. The summed E-state index contributed by atoms with van der Waals surface area (Å²) in [5.41, 5.74) is 6.09. The SMILES string of the molecule is CCN(CCCCN)C(=O)c1cccc(Cl)c1. The van der Waals surface area contributed by atoms with Crippen LogP contribution < -0.4 is 5.73 Å². The van der Waals surface area contributed by atoms with Crippen molar-refractivity contribution in [3.8, 4) is 0 Å². The third kappa shape index (κ3) is 4.36. The highest BCUT2D eigenvalue weighted by atomic mass is 35.5. The van der Waals surface area contributed by atoms with Crippen LogP contribution in [0.3, 0.4) is 0 Å². The van der Waals surface area contributed by atoms with Crippen LogP contribution >= 0.6 is 11.6 Å². The third-order valence-electron chi connectivity index (χ3n) is 2.62. The number of halogens is 1. The van der Waals surface area contributed by atoms with Gasteiger partial charge in [-0.15, -0.1) is 0 Å². The molecule has 0 fully saturated rings. The van der Waals surface area contributed by atoms with Crippen molar-refractivity contribution in [2.75, 3.05) is 19.6 Å². The molecular formula is C13H19ClN2O. The predicted molar refractivity (Wildman–Crippen MR) is 71.3 cm³/mol. The number of benzene rings is 1. The minimum atomic E-state index is 0.0343. The Balaban J connectivity index is 2.65. The van der Waals surface area contributed by atoms with Gasteiger partial charge in [-0.2, -0.15) is 0 Å². The molecule has 0 aromatic heterocycles. The van der Waals surface area contributed by atoms with Crippen LogP contribution in [0.5, 0.6) is 0 Å². The first-order chi connectivity index (χ1) is 8.19. The zero-order chi connectivity index (χ0) is 12.7. The molecule has 0 heterocycles. The Hall–Kier alpha value is -1.06. The van der Waals surface area contributed by atoms with Crippen LogP contribution in [0.25, 0.3) is 0 Å². The van der Waals surface area contributed by atoms with Gasteiger partial charge >= 0.3 is 0 Å². The standard InChI is InChI=1S/C13H19ClN2O/c1-2-16(9-4-3-8-15)13(17)11-6-5-7-12(14)10-11/h5-7,10H,2-4,8-9,15H2,1H3. The number of amides is 1. The summed E-state index contributed by atoms with van der Waals surface area (Å²) in [5, 5.41) is 0.592. The molecule has 0 bridgehead atoms. The topological polar surface area (TPSA) is 46.3 Å². The molecule has 0 radical (unpaired) electrons. The molecule has 94 valence electrons. The van der Waals surface area contributed by atoms with E-state index in [9.17, 15) is 4.79 Å². The van der Waals surface area contributed by atoms with Crippen molar-refractivity contribution in [2.24, 2.45) is 5.73 Å². The van der Waals surface area contributed by atoms with E-state index in [1.165, 1.54) is 0 Å². The molecule has 0 aliphatic rings. The molecule has 0 spiro atoms. The maximum Gasteiger partial charge on any atom is 0.253 e. The van der Waals surface area contributed by atoms with E-state index in [0.717, 1.165) is 19.4 Å². The average molecular weight is 255 g/mol. The van der Waals surface area contributed by atoms with Gasteiger partial charge in [-0.3, -0.25) is 4.79 Å². The van der Waals surface area contributed by atoms with Gasteiger partial charge in [-0.25, -0.2) is 0 Å². The number of unbranched alkanes of at least 4 members (excludes halogenated alkanes) is 1. The lowest BCUT2D eigenvalue weighted by Crippen LogP contribution is -2.32. The van der Waals surface area contributed by atoms with Gasteiger partial charge in [0, 0.05) is 23.7 Å². The van der Waals surface area contributed by atoms with E-state index < -0.39 is 0 Å². The number of rotatable bonds is 6. The largest absolute Gasteiger partial charge is 0.339 e. The van der Waals surface area contributed by atoms with E-state index in [4.69, 9.17) is 17.3 Å². The summed E-state index contributed by atoms with van der Waals surface area (Å²) in [6.07, 6.45) is 1.88. The van der Waals surface area contributed by atoms with Gasteiger partial charge in [-0.05, 0) is 44.5 Å². The summed E-state index contributed by atoms with van der Waals surface area (Å²) in [4.78, 5) is 14.0. The van der Waals surface area contributed by atoms with Gasteiger partial charge in [0.15, 0.2) is 0 Å². The fourth-order valence-corrected chi connectivity index (χ4v) is 1.84. The van der Waals surface area contributed by atoms with E-state index in [-0.39, 0.29) is 5.91 Å². The van der Waals surface area contributed by atoms with Crippen molar-refractivity contribution in [1.82, 2.24) is 4.90 Å². The van der Waals surface area contributed by atoms with Crippen LogP contribution in [-0.2, 0) is 0 Å². The smallest absolute Gasteiger partial charge is 0.253 e. The highest BCUT2D eigenvalue weighted by molar-refractivity contribution is 6.30. The van der Waals surface area contributed by atoms with E-state index >= 15 is 0 Å². The lowest BCUT2D eigenvalue weighted by Gasteiger charge is -2.20. The average Bonchev–Trinajstić information content (AvgIpc) is 2.34. The Morgan fingerprint density at radius 2 is 2.18 bits per heavy atom. The van der Waals surface area contributed by atoms with Crippen molar-refractivity contribution < 1.29 is 4.79 Å². The summed E-state index contributed by atoms with van der Waals surface area (Å²) < 4.78 is 0. The van der Waals surface area contributed by atoms with Gasteiger partial charge in [-0.1, -0.05) is 17.7 Å². The van der Waals surface area contributed by atoms with Gasteiger partial charge in [0.25, 0.3) is 5.91 Å². The fourth-order valence-electron chi connectivity index (χ4n) is 1.65. The van der Waals surface area contributed by atoms with E-state index in [2.05, 4.69) is 0 Å². The second-order valence-corrected chi connectivity index (χ2v) is 4.33. The first-order valence-corrected chi connectivity index (χ1v) is 6.31. The Morgan fingerprint density at radius 3 is 2.76 bits per heavy atom. The molecule has 2 N–H and O–H groups in total. The third-order valence-corrected chi connectivity index (χ3v) is 2.86. The molecular weight excluding hydrogens is 236 g/mol. The molecule has 0 atom stereocenters. The molecule has 1 aromatic carbocycles. The Kier molecular flexibility index (Phi) is 6.01. The van der Waals surface area contributed by atoms with Crippen molar-refractivity contribution in [3.05, 3.63) is 34.9 Å². The second kappa shape index (κ2) is 7.30. The minimum absolute atomic E-state index is 0.0343. The first kappa shape index (κ1) is 14.0. The summed E-state index contributed by atoms with van der Waals surface area (Å²) in [5.74, 6) is 0.0343. The number of nitrogens with zero attached hydrogens (tertiary/aromatic N) is 1. The maximum absolute atomic E-state index is 12.2. The molecule has 3 nitrogen and oxygen atoms in total. The number of hydrogen-bond acceptors (Lipinski definition) is 2. The van der Waals surface area contributed by atoms with Crippen LogP contribution in [0.4, 0.5) is 0 Å². The summed E-state index contributed by atoms with van der Waals surface area (Å²) >= 11 is 5.88. The molecule has 0 saturated heterocycles. The fraction of sp³-hybridized carbons (Fsp3) is 0.462. The van der Waals surface area contributed by atoms with E-state index in [0.29, 0.717) is 23.7 Å². The van der Waals surface area contributed by atoms with Crippen LogP contribution in [0.1, 0.15) is 30.1 Å². The van der Waals surface area contributed by atoms with Crippen molar-refractivity contribution in [2.45, 2.75) is 19.8 Å². The minimum Gasteiger partial charge on any atom is -0.339 e. The van der Waals surface area contributed by atoms with Gasteiger partial charge < -0.3 is 10.6 Å². The molecule has 17 heavy (non-hydrogen) atoms. The molecule has 0 unspecified atom stereocenters. The van der Waals surface area contributed by atoms with Crippen molar-refractivity contribution in [3.63, 3.8) is 0 Å². The van der Waals surface area contributed by atoms with Gasteiger partial charge in [0.1, 0.15) is 0 Å². The van der Waals surface area contributed by atoms with E-state index in [1.54, 1.807) is 24.3 Å². The molecule has 1 amide bonds. The van der Waals surface area contributed by atoms with Gasteiger partial charge in [0.2, 0.25) is 0 Å². The monoisotopic (exact) mass is 254 g/mol.